The van der Waals surface area contributed by atoms with E-state index in [4.69, 9.17) is 12.8 Å². The van der Waals surface area contributed by atoms with Crippen LogP contribution >= 0.6 is 0 Å². The molecule has 0 nitrogen and oxygen atoms in total. The van der Waals surface area contributed by atoms with Gasteiger partial charge in [-0.25, -0.2) is 0 Å². The molecule has 0 spiro atoms. The molecule has 0 saturated carbocycles. The van der Waals surface area contributed by atoms with Gasteiger partial charge in [0.25, 0.3) is 0 Å². The van der Waals surface area contributed by atoms with Crippen LogP contribution in [0.2, 0.25) is 0 Å². The first-order valence-corrected chi connectivity index (χ1v) is 14.0. The fourth-order valence-corrected chi connectivity index (χ4v) is 5.26. The molecule has 0 heterocycles. The van der Waals surface area contributed by atoms with E-state index in [1.165, 1.54) is 0 Å². The van der Waals surface area contributed by atoms with Gasteiger partial charge in [-0.05, 0) is 46.5 Å². The molecule has 0 unspecified atom stereocenters. The van der Waals surface area contributed by atoms with E-state index >= 15 is 0 Å². The molecule has 0 N–H and O–H groups in total. The zero-order valence-electron chi connectivity index (χ0n) is 23.4. The van der Waals surface area contributed by atoms with Crippen LogP contribution in [0.3, 0.4) is 0 Å². The molecule has 0 heteroatoms. The fraction of sp³-hybridized carbons (Fsp3) is 0.0952. The van der Waals surface area contributed by atoms with Crippen molar-refractivity contribution < 1.29 is 0 Å². The molecule has 42 heavy (non-hydrogen) atoms. The Labute approximate surface area is 250 Å². The van der Waals surface area contributed by atoms with Gasteiger partial charge in [0.05, 0.1) is 10.8 Å². The molecule has 0 fully saturated rings. The van der Waals surface area contributed by atoms with Gasteiger partial charge in [0.2, 0.25) is 0 Å². The third-order valence-corrected chi connectivity index (χ3v) is 7.62. The van der Waals surface area contributed by atoms with Crippen molar-refractivity contribution in [3.05, 3.63) is 179 Å². The van der Waals surface area contributed by atoms with Crippen LogP contribution in [-0.2, 0) is 10.8 Å². The van der Waals surface area contributed by atoms with Gasteiger partial charge in [0.1, 0.15) is 0 Å². The van der Waals surface area contributed by atoms with Crippen molar-refractivity contribution in [1.82, 2.24) is 0 Å². The summed E-state index contributed by atoms with van der Waals surface area (Å²) in [5, 5.41) is 0. The normalized spacial score (nSPS) is 10.6. The Morgan fingerprint density at radius 2 is 0.643 bits per heavy atom. The number of terminal acetylenes is 2. The maximum absolute atomic E-state index is 6.19. The van der Waals surface area contributed by atoms with Gasteiger partial charge >= 0.3 is 0 Å². The van der Waals surface area contributed by atoms with Crippen LogP contribution in [0.4, 0.5) is 0 Å². The highest BCUT2D eigenvalue weighted by molar-refractivity contribution is 5.51. The largest absolute Gasteiger partial charge is 0.119 e. The Balaban J connectivity index is 1.36. The maximum atomic E-state index is 6.19. The monoisotopic (exact) mass is 534 g/mol. The summed E-state index contributed by atoms with van der Waals surface area (Å²) in [6.45, 7) is 0. The average Bonchev–Trinajstić information content (AvgIpc) is 3.08. The summed E-state index contributed by atoms with van der Waals surface area (Å²) in [4.78, 5) is 0. The number of rotatable bonds is 6. The lowest BCUT2D eigenvalue weighted by molar-refractivity contribution is 0.692. The summed E-state index contributed by atoms with van der Waals surface area (Å²) in [5.41, 5.74) is 4.84. The van der Waals surface area contributed by atoms with Crippen LogP contribution in [0.15, 0.2) is 146 Å². The van der Waals surface area contributed by atoms with Gasteiger partial charge in [-0.2, -0.15) is 0 Å². The minimum Gasteiger partial charge on any atom is -0.119 e. The van der Waals surface area contributed by atoms with E-state index in [0.717, 1.165) is 33.4 Å². The molecule has 0 aliphatic heterocycles. The van der Waals surface area contributed by atoms with Crippen LogP contribution in [-0.4, -0.2) is 0 Å². The minimum absolute atomic E-state index is 0.506. The van der Waals surface area contributed by atoms with Gasteiger partial charge in [0, 0.05) is 24.0 Å². The first-order chi connectivity index (χ1) is 20.7. The van der Waals surface area contributed by atoms with Crippen LogP contribution in [0, 0.1) is 48.4 Å². The molecule has 5 aromatic rings. The molecule has 0 saturated heterocycles. The van der Waals surface area contributed by atoms with Crippen molar-refractivity contribution in [3.63, 3.8) is 0 Å². The molecule has 0 aliphatic carbocycles. The number of benzene rings is 5. The molecular weight excluding hydrogens is 504 g/mol. The quantitative estimate of drug-likeness (QED) is 0.192. The third kappa shape index (κ3) is 5.91. The van der Waals surface area contributed by atoms with Crippen LogP contribution in [0.5, 0.6) is 0 Å². The predicted octanol–water partition coefficient (Wildman–Crippen LogP) is 8.41. The summed E-state index contributed by atoms with van der Waals surface area (Å²) in [7, 11) is 0. The van der Waals surface area contributed by atoms with Crippen molar-refractivity contribution in [3.8, 4) is 48.4 Å². The van der Waals surface area contributed by atoms with E-state index in [2.05, 4.69) is 84.1 Å². The standard InChI is InChI=1S/C42H30/c1-3-41(37-21-9-5-10-22-37,38-23-11-6-12-24-38)33-17-19-35-29-31-36(32-30-35)20-18-34-42(4-2,39-25-13-7-14-26-39)40-27-15-8-16-28-40/h1-2,5-16,21-32H,33-34H2. The molecule has 0 aromatic heterocycles. The summed E-state index contributed by atoms with van der Waals surface area (Å²) in [6, 6.07) is 48.8. The Hall–Kier alpha value is -5.66. The highest BCUT2D eigenvalue weighted by Gasteiger charge is 2.32. The van der Waals surface area contributed by atoms with Gasteiger partial charge in [0.15, 0.2) is 0 Å². The highest BCUT2D eigenvalue weighted by Crippen LogP contribution is 2.36. The minimum atomic E-state index is -0.623. The third-order valence-electron chi connectivity index (χ3n) is 7.62. The molecule has 198 valence electrons. The summed E-state index contributed by atoms with van der Waals surface area (Å²) in [6.07, 6.45) is 13.4. The second kappa shape index (κ2) is 13.1. The first-order valence-electron chi connectivity index (χ1n) is 14.0. The van der Waals surface area contributed by atoms with Crippen LogP contribution in [0.25, 0.3) is 0 Å². The van der Waals surface area contributed by atoms with E-state index in [0.29, 0.717) is 12.8 Å². The molecule has 5 rings (SSSR count). The lowest BCUT2D eigenvalue weighted by atomic mass is 9.73. The summed E-state index contributed by atoms with van der Waals surface area (Å²) >= 11 is 0. The van der Waals surface area contributed by atoms with E-state index < -0.39 is 10.8 Å². The van der Waals surface area contributed by atoms with E-state index in [-0.39, 0.29) is 0 Å². The number of hydrogen-bond acceptors (Lipinski definition) is 0. The van der Waals surface area contributed by atoms with Gasteiger partial charge in [-0.1, -0.05) is 157 Å². The molecule has 0 aliphatic rings. The second-order valence-electron chi connectivity index (χ2n) is 10.1. The van der Waals surface area contributed by atoms with Crippen molar-refractivity contribution >= 4 is 0 Å². The smallest absolute Gasteiger partial charge is 0.0918 e. The highest BCUT2D eigenvalue weighted by atomic mass is 14.3. The lowest BCUT2D eigenvalue weighted by Gasteiger charge is -2.28. The van der Waals surface area contributed by atoms with E-state index in [9.17, 15) is 0 Å². The second-order valence-corrected chi connectivity index (χ2v) is 10.1. The number of hydrogen-bond donors (Lipinski definition) is 0. The van der Waals surface area contributed by atoms with Crippen molar-refractivity contribution in [2.24, 2.45) is 0 Å². The van der Waals surface area contributed by atoms with Gasteiger partial charge in [-0.15, -0.1) is 12.8 Å². The molecular formula is C42H30. The zero-order valence-corrected chi connectivity index (χ0v) is 23.4. The van der Waals surface area contributed by atoms with E-state index in [1.807, 2.05) is 97.1 Å². The van der Waals surface area contributed by atoms with Crippen LogP contribution in [0.1, 0.15) is 46.2 Å². The molecule has 5 aromatic carbocycles. The topological polar surface area (TPSA) is 0 Å². The molecule has 0 bridgehead atoms. The summed E-state index contributed by atoms with van der Waals surface area (Å²) in [5.74, 6) is 19.5. The SMILES string of the molecule is C#CC(CC#Cc1ccc(C#CCC(C#C)(c2ccccc2)c2ccccc2)cc1)(c1ccccc1)c1ccccc1. The Morgan fingerprint density at radius 3 is 0.881 bits per heavy atom. The average molecular weight is 535 g/mol. The molecule has 0 amide bonds. The summed E-state index contributed by atoms with van der Waals surface area (Å²) < 4.78 is 0. The first kappa shape index (κ1) is 27.9. The van der Waals surface area contributed by atoms with Crippen LogP contribution < -0.4 is 0 Å². The van der Waals surface area contributed by atoms with Crippen molar-refractivity contribution in [2.75, 3.05) is 0 Å². The van der Waals surface area contributed by atoms with Crippen molar-refractivity contribution in [2.45, 2.75) is 23.7 Å². The Kier molecular flexibility index (Phi) is 8.72. The van der Waals surface area contributed by atoms with E-state index in [1.54, 1.807) is 0 Å². The Morgan fingerprint density at radius 1 is 0.381 bits per heavy atom. The zero-order chi connectivity index (χ0) is 29.1. The molecule has 0 radical (unpaired) electrons. The van der Waals surface area contributed by atoms with Gasteiger partial charge < -0.3 is 0 Å². The maximum Gasteiger partial charge on any atom is 0.0918 e. The van der Waals surface area contributed by atoms with Crippen molar-refractivity contribution in [1.29, 1.82) is 0 Å². The Bertz CT molecular complexity index is 1590. The lowest BCUT2D eigenvalue weighted by Crippen LogP contribution is -2.25. The molecule has 0 atom stereocenters. The fourth-order valence-electron chi connectivity index (χ4n) is 5.26. The van der Waals surface area contributed by atoms with Gasteiger partial charge in [-0.3, -0.25) is 0 Å². The predicted molar refractivity (Wildman–Crippen MR) is 174 cm³/mol.